The Morgan fingerprint density at radius 1 is 1.38 bits per heavy atom. The average molecular weight is 233 g/mol. The van der Waals surface area contributed by atoms with Crippen molar-refractivity contribution >= 4 is 23.6 Å². The Hall–Kier alpha value is -1.99. The molecule has 8 heteroatoms. The number of fused-ring (bicyclic) bond motifs is 1. The van der Waals surface area contributed by atoms with Gasteiger partial charge in [-0.2, -0.15) is 13.2 Å². The van der Waals surface area contributed by atoms with Gasteiger partial charge < -0.3 is 15.6 Å². The fraction of sp³-hybridized carbons (Fsp3) is 0.250. The molecule has 0 saturated heterocycles. The maximum Gasteiger partial charge on any atom is 0.417 e. The number of alkyl halides is 3. The molecule has 0 fully saturated rings. The molecule has 16 heavy (non-hydrogen) atoms. The van der Waals surface area contributed by atoms with Gasteiger partial charge in [-0.15, -0.1) is 0 Å². The van der Waals surface area contributed by atoms with Crippen LogP contribution in [0.25, 0.3) is 0 Å². The maximum atomic E-state index is 12.4. The fourth-order valence-corrected chi connectivity index (χ4v) is 1.43. The molecule has 0 aliphatic carbocycles. The lowest BCUT2D eigenvalue weighted by molar-refractivity contribution is -0.156. The van der Waals surface area contributed by atoms with Gasteiger partial charge in [-0.05, 0) is 0 Å². The van der Waals surface area contributed by atoms with Crippen LogP contribution in [0.15, 0.2) is 6.20 Å². The van der Waals surface area contributed by atoms with E-state index in [0.717, 1.165) is 0 Å². The van der Waals surface area contributed by atoms with Crippen molar-refractivity contribution in [3.8, 4) is 0 Å². The second-order valence-electron chi connectivity index (χ2n) is 3.22. The Morgan fingerprint density at radius 2 is 2.06 bits per heavy atom. The van der Waals surface area contributed by atoms with Gasteiger partial charge in [0, 0.05) is 6.20 Å². The molecule has 0 radical (unpaired) electrons. The molecule has 0 bridgehead atoms. The number of aromatic nitrogens is 1. The Balaban J connectivity index is 2.37. The van der Waals surface area contributed by atoms with Gasteiger partial charge in [0.05, 0.1) is 11.4 Å². The van der Waals surface area contributed by atoms with E-state index in [1.807, 2.05) is 10.6 Å². The summed E-state index contributed by atoms with van der Waals surface area (Å²) in [6, 6.07) is -2.30. The summed E-state index contributed by atoms with van der Waals surface area (Å²) in [4.78, 5) is 24.1. The SMILES string of the molecule is O=Cc1[nH]cc2c1NC(=O)C(C(F)(F)F)N2. The van der Waals surface area contributed by atoms with Crippen LogP contribution in [-0.4, -0.2) is 29.4 Å². The van der Waals surface area contributed by atoms with Crippen LogP contribution in [0.2, 0.25) is 0 Å². The van der Waals surface area contributed by atoms with Crippen molar-refractivity contribution in [2.24, 2.45) is 0 Å². The van der Waals surface area contributed by atoms with Crippen LogP contribution in [0, 0.1) is 0 Å². The highest BCUT2D eigenvalue weighted by Gasteiger charge is 2.47. The third-order valence-electron chi connectivity index (χ3n) is 2.17. The van der Waals surface area contributed by atoms with Crippen LogP contribution >= 0.6 is 0 Å². The lowest BCUT2D eigenvalue weighted by Gasteiger charge is -2.26. The third-order valence-corrected chi connectivity index (χ3v) is 2.17. The standard InChI is InChI=1S/C8H6F3N3O2/c9-8(10,11)6-7(16)14-5-3(13-6)1-12-4(5)2-15/h1-2,6,12-13H,(H,14,16). The van der Waals surface area contributed by atoms with E-state index in [2.05, 4.69) is 4.98 Å². The van der Waals surface area contributed by atoms with Crippen molar-refractivity contribution < 1.29 is 22.8 Å². The molecule has 0 spiro atoms. The number of carbonyl (C=O) groups is 2. The molecule has 0 saturated carbocycles. The maximum absolute atomic E-state index is 12.4. The van der Waals surface area contributed by atoms with Crippen LogP contribution in [-0.2, 0) is 4.79 Å². The molecule has 1 amide bonds. The number of halogens is 3. The highest BCUT2D eigenvalue weighted by atomic mass is 19.4. The Morgan fingerprint density at radius 3 is 2.62 bits per heavy atom. The smallest absolute Gasteiger partial charge is 0.363 e. The summed E-state index contributed by atoms with van der Waals surface area (Å²) in [7, 11) is 0. The van der Waals surface area contributed by atoms with Gasteiger partial charge in [0.25, 0.3) is 5.91 Å². The van der Waals surface area contributed by atoms with Crippen LogP contribution in [0.1, 0.15) is 10.5 Å². The molecule has 3 N–H and O–H groups in total. The van der Waals surface area contributed by atoms with Gasteiger partial charge >= 0.3 is 6.18 Å². The number of H-pyrrole nitrogens is 1. The van der Waals surface area contributed by atoms with Crippen molar-refractivity contribution in [3.05, 3.63) is 11.9 Å². The predicted octanol–water partition coefficient (Wildman–Crippen LogP) is 1.12. The highest BCUT2D eigenvalue weighted by molar-refractivity contribution is 6.07. The molecule has 86 valence electrons. The van der Waals surface area contributed by atoms with Crippen molar-refractivity contribution in [1.82, 2.24) is 4.98 Å². The second-order valence-corrected chi connectivity index (χ2v) is 3.22. The first-order chi connectivity index (χ1) is 7.43. The van der Waals surface area contributed by atoms with Crippen molar-refractivity contribution in [1.29, 1.82) is 0 Å². The van der Waals surface area contributed by atoms with E-state index in [0.29, 0.717) is 6.29 Å². The van der Waals surface area contributed by atoms with Crippen LogP contribution in [0.5, 0.6) is 0 Å². The minimum absolute atomic E-state index is 0.0245. The van der Waals surface area contributed by atoms with Gasteiger partial charge in [-0.25, -0.2) is 0 Å². The first-order valence-corrected chi connectivity index (χ1v) is 4.24. The molecule has 2 rings (SSSR count). The summed E-state index contributed by atoms with van der Waals surface area (Å²) < 4.78 is 37.1. The monoisotopic (exact) mass is 233 g/mol. The molecule has 0 aromatic carbocycles. The van der Waals surface area contributed by atoms with Gasteiger partial charge in [0.1, 0.15) is 5.69 Å². The molecule has 5 nitrogen and oxygen atoms in total. The van der Waals surface area contributed by atoms with Crippen LogP contribution in [0.4, 0.5) is 24.5 Å². The van der Waals surface area contributed by atoms with Crippen LogP contribution in [0.3, 0.4) is 0 Å². The fourth-order valence-electron chi connectivity index (χ4n) is 1.43. The number of carbonyl (C=O) groups excluding carboxylic acids is 2. The first-order valence-electron chi connectivity index (χ1n) is 4.24. The summed E-state index contributed by atoms with van der Waals surface area (Å²) in [5.74, 6) is -1.23. The molecule has 2 heterocycles. The molecule has 1 aliphatic rings. The van der Waals surface area contributed by atoms with E-state index in [1.54, 1.807) is 0 Å². The van der Waals surface area contributed by atoms with Gasteiger partial charge in [-0.1, -0.05) is 0 Å². The molecule has 1 aliphatic heterocycles. The predicted molar refractivity (Wildman–Crippen MR) is 48.3 cm³/mol. The van der Waals surface area contributed by atoms with E-state index in [9.17, 15) is 22.8 Å². The van der Waals surface area contributed by atoms with Crippen molar-refractivity contribution in [3.63, 3.8) is 0 Å². The number of nitrogens with one attached hydrogen (secondary N) is 3. The highest BCUT2D eigenvalue weighted by Crippen LogP contribution is 2.34. The molecule has 1 aromatic rings. The van der Waals surface area contributed by atoms with E-state index in [4.69, 9.17) is 0 Å². The van der Waals surface area contributed by atoms with Gasteiger partial charge in [0.2, 0.25) is 6.04 Å². The molecule has 1 aromatic heterocycles. The summed E-state index contributed by atoms with van der Waals surface area (Å²) in [6.07, 6.45) is -3.08. The average Bonchev–Trinajstić information content (AvgIpc) is 2.57. The zero-order valence-corrected chi connectivity index (χ0v) is 7.68. The summed E-state index contributed by atoms with van der Waals surface area (Å²) >= 11 is 0. The van der Waals surface area contributed by atoms with Crippen molar-refractivity contribution in [2.45, 2.75) is 12.2 Å². The molecular formula is C8H6F3N3O2. The number of anilines is 2. The number of aromatic amines is 1. The van der Waals surface area contributed by atoms with Crippen molar-refractivity contribution in [2.75, 3.05) is 10.6 Å². The minimum Gasteiger partial charge on any atom is -0.363 e. The number of aldehydes is 1. The topological polar surface area (TPSA) is 74.0 Å². The quantitative estimate of drug-likeness (QED) is 0.636. The zero-order valence-electron chi connectivity index (χ0n) is 7.68. The van der Waals surface area contributed by atoms with Crippen LogP contribution < -0.4 is 10.6 Å². The molecular weight excluding hydrogens is 227 g/mol. The number of hydrogen-bond acceptors (Lipinski definition) is 3. The summed E-state index contributed by atoms with van der Waals surface area (Å²) in [5, 5.41) is 4.05. The van der Waals surface area contributed by atoms with E-state index >= 15 is 0 Å². The number of amides is 1. The summed E-state index contributed by atoms with van der Waals surface area (Å²) in [6.45, 7) is 0. The Labute approximate surface area is 87.0 Å². The Bertz CT molecular complexity index is 452. The van der Waals surface area contributed by atoms with Gasteiger partial charge in [0.15, 0.2) is 6.29 Å². The second kappa shape index (κ2) is 3.26. The summed E-state index contributed by atoms with van der Waals surface area (Å²) in [5.41, 5.74) is 0.112. The third kappa shape index (κ3) is 1.51. The lowest BCUT2D eigenvalue weighted by atomic mass is 10.2. The van der Waals surface area contributed by atoms with E-state index < -0.39 is 18.1 Å². The minimum atomic E-state index is -4.68. The molecule has 1 unspecified atom stereocenters. The lowest BCUT2D eigenvalue weighted by Crippen LogP contribution is -2.48. The Kier molecular flexibility index (Phi) is 2.14. The van der Waals surface area contributed by atoms with Gasteiger partial charge in [-0.3, -0.25) is 9.59 Å². The normalized spacial score (nSPS) is 19.7. The van der Waals surface area contributed by atoms with E-state index in [1.165, 1.54) is 6.20 Å². The zero-order chi connectivity index (χ0) is 11.9. The van der Waals surface area contributed by atoms with E-state index in [-0.39, 0.29) is 17.1 Å². The first kappa shape index (κ1) is 10.5. The molecule has 1 atom stereocenters. The largest absolute Gasteiger partial charge is 0.417 e. The number of rotatable bonds is 1. The number of hydrogen-bond donors (Lipinski definition) is 3.